The average molecular weight is 477 g/mol. The van der Waals surface area contributed by atoms with Gasteiger partial charge >= 0.3 is 0 Å². The van der Waals surface area contributed by atoms with Crippen molar-refractivity contribution in [1.82, 2.24) is 0 Å². The summed E-state index contributed by atoms with van der Waals surface area (Å²) in [5, 5.41) is 2.31. The Balaban J connectivity index is 1.57. The van der Waals surface area contributed by atoms with Crippen molar-refractivity contribution in [2.75, 3.05) is 0 Å². The van der Waals surface area contributed by atoms with Crippen LogP contribution in [0.2, 0.25) is 0 Å². The fourth-order valence-corrected chi connectivity index (χ4v) is 6.54. The molecule has 1 heterocycles. The van der Waals surface area contributed by atoms with Crippen LogP contribution in [0.4, 0.5) is 0 Å². The lowest BCUT2D eigenvalue weighted by molar-refractivity contribution is 1.27. The molecule has 0 bridgehead atoms. The topological polar surface area (TPSA) is 0 Å². The molecule has 1 aliphatic rings. The third kappa shape index (κ3) is 3.52. The molecule has 7 rings (SSSR count). The molecule has 36 heavy (non-hydrogen) atoms. The number of fused-ring (bicyclic) bond motifs is 3. The molecule has 6 aromatic rings. The Morgan fingerprint density at radius 1 is 0.444 bits per heavy atom. The third-order valence-corrected chi connectivity index (χ3v) is 8.16. The molecule has 1 aliphatic carbocycles. The third-order valence-electron chi connectivity index (χ3n) is 7.21. The van der Waals surface area contributed by atoms with Crippen LogP contribution >= 0.6 is 11.3 Å². The van der Waals surface area contributed by atoms with Gasteiger partial charge in [-0.1, -0.05) is 115 Å². The van der Waals surface area contributed by atoms with Crippen molar-refractivity contribution in [3.05, 3.63) is 144 Å². The van der Waals surface area contributed by atoms with Crippen LogP contribution in [0, 0.1) is 0 Å². The standard InChI is InChI=1S/C35H24S/c1-4-12-24(13-5-1)28-21-33(36-23-28)35-32-20-27-18-10-11-19-29(27)31(32)22-30(25-14-6-2-7-15-25)34(35)26-16-8-3-9-17-26/h1-19,21-23H,20H2. The Kier molecular flexibility index (Phi) is 5.15. The van der Waals surface area contributed by atoms with E-state index in [0.717, 1.165) is 6.42 Å². The number of hydrogen-bond acceptors (Lipinski definition) is 1. The Morgan fingerprint density at radius 3 is 1.78 bits per heavy atom. The number of thiophene rings is 1. The van der Waals surface area contributed by atoms with Gasteiger partial charge in [-0.3, -0.25) is 0 Å². The molecule has 1 heteroatoms. The van der Waals surface area contributed by atoms with Crippen LogP contribution in [-0.4, -0.2) is 0 Å². The summed E-state index contributed by atoms with van der Waals surface area (Å²) in [7, 11) is 0. The van der Waals surface area contributed by atoms with E-state index >= 15 is 0 Å². The van der Waals surface area contributed by atoms with E-state index in [1.807, 2.05) is 11.3 Å². The highest BCUT2D eigenvalue weighted by atomic mass is 32.1. The molecule has 1 aromatic heterocycles. The zero-order valence-electron chi connectivity index (χ0n) is 19.8. The van der Waals surface area contributed by atoms with Gasteiger partial charge in [0, 0.05) is 10.4 Å². The van der Waals surface area contributed by atoms with Crippen molar-refractivity contribution in [3.8, 4) is 54.9 Å². The summed E-state index contributed by atoms with van der Waals surface area (Å²) >= 11 is 1.85. The highest BCUT2D eigenvalue weighted by molar-refractivity contribution is 7.14. The minimum absolute atomic E-state index is 0.967. The summed E-state index contributed by atoms with van der Waals surface area (Å²) < 4.78 is 0. The minimum atomic E-state index is 0.967. The number of rotatable bonds is 4. The summed E-state index contributed by atoms with van der Waals surface area (Å²) in [6.07, 6.45) is 0.967. The first-order chi connectivity index (χ1) is 17.9. The van der Waals surface area contributed by atoms with Crippen LogP contribution in [0.5, 0.6) is 0 Å². The minimum Gasteiger partial charge on any atom is -0.143 e. The first-order valence-corrected chi connectivity index (χ1v) is 13.3. The van der Waals surface area contributed by atoms with Crippen molar-refractivity contribution in [1.29, 1.82) is 0 Å². The first-order valence-electron chi connectivity index (χ1n) is 12.4. The molecule has 0 spiro atoms. The van der Waals surface area contributed by atoms with Gasteiger partial charge in [-0.15, -0.1) is 11.3 Å². The summed E-state index contributed by atoms with van der Waals surface area (Å²) in [6, 6.07) is 46.2. The molecule has 0 radical (unpaired) electrons. The maximum absolute atomic E-state index is 2.44. The summed E-state index contributed by atoms with van der Waals surface area (Å²) in [6.45, 7) is 0. The predicted molar refractivity (Wildman–Crippen MR) is 154 cm³/mol. The molecule has 0 aliphatic heterocycles. The molecule has 0 N–H and O–H groups in total. The fraction of sp³-hybridized carbons (Fsp3) is 0.0286. The van der Waals surface area contributed by atoms with Gasteiger partial charge in [-0.2, -0.15) is 0 Å². The lowest BCUT2D eigenvalue weighted by atomic mass is 9.84. The van der Waals surface area contributed by atoms with Gasteiger partial charge in [-0.05, 0) is 79.6 Å². The van der Waals surface area contributed by atoms with E-state index in [1.165, 1.54) is 66.1 Å². The predicted octanol–water partition coefficient (Wildman–Crippen LogP) is 9.99. The fourth-order valence-electron chi connectivity index (χ4n) is 5.55. The molecular formula is C35H24S. The molecule has 0 saturated carbocycles. The lowest BCUT2D eigenvalue weighted by Crippen LogP contribution is -1.95. The number of hydrogen-bond donors (Lipinski definition) is 0. The van der Waals surface area contributed by atoms with Gasteiger partial charge in [0.2, 0.25) is 0 Å². The van der Waals surface area contributed by atoms with Gasteiger partial charge in [0.25, 0.3) is 0 Å². The number of benzene rings is 5. The van der Waals surface area contributed by atoms with Gasteiger partial charge in [0.05, 0.1) is 0 Å². The van der Waals surface area contributed by atoms with E-state index in [-0.39, 0.29) is 0 Å². The molecule has 0 unspecified atom stereocenters. The largest absolute Gasteiger partial charge is 0.143 e. The molecular weight excluding hydrogens is 452 g/mol. The molecule has 0 atom stereocenters. The van der Waals surface area contributed by atoms with Crippen LogP contribution in [0.25, 0.3) is 54.9 Å². The zero-order chi connectivity index (χ0) is 23.9. The maximum Gasteiger partial charge on any atom is 0.0358 e. The van der Waals surface area contributed by atoms with Crippen LogP contribution in [0.3, 0.4) is 0 Å². The first kappa shape index (κ1) is 21.1. The maximum atomic E-state index is 2.44. The molecule has 5 aromatic carbocycles. The Morgan fingerprint density at radius 2 is 1.06 bits per heavy atom. The summed E-state index contributed by atoms with van der Waals surface area (Å²) in [5.41, 5.74) is 14.7. The van der Waals surface area contributed by atoms with Crippen molar-refractivity contribution in [3.63, 3.8) is 0 Å². The van der Waals surface area contributed by atoms with Crippen molar-refractivity contribution in [2.24, 2.45) is 0 Å². The van der Waals surface area contributed by atoms with E-state index in [4.69, 9.17) is 0 Å². The molecule has 0 saturated heterocycles. The summed E-state index contributed by atoms with van der Waals surface area (Å²) in [4.78, 5) is 1.33. The lowest BCUT2D eigenvalue weighted by Gasteiger charge is -2.20. The molecule has 0 fully saturated rings. The monoisotopic (exact) mass is 476 g/mol. The highest BCUT2D eigenvalue weighted by Gasteiger charge is 2.28. The highest BCUT2D eigenvalue weighted by Crippen LogP contribution is 2.51. The van der Waals surface area contributed by atoms with Crippen LogP contribution in [-0.2, 0) is 6.42 Å². The quantitative estimate of drug-likeness (QED) is 0.237. The van der Waals surface area contributed by atoms with Gasteiger partial charge in [0.15, 0.2) is 0 Å². The van der Waals surface area contributed by atoms with E-state index < -0.39 is 0 Å². The zero-order valence-corrected chi connectivity index (χ0v) is 20.6. The van der Waals surface area contributed by atoms with E-state index in [0.29, 0.717) is 0 Å². The van der Waals surface area contributed by atoms with Crippen LogP contribution < -0.4 is 0 Å². The van der Waals surface area contributed by atoms with Crippen LogP contribution in [0.1, 0.15) is 11.1 Å². The second-order valence-corrected chi connectivity index (χ2v) is 10.2. The Hall–Kier alpha value is -4.20. The van der Waals surface area contributed by atoms with E-state index in [1.54, 1.807) is 0 Å². The Labute approximate surface area is 216 Å². The normalized spacial score (nSPS) is 11.8. The van der Waals surface area contributed by atoms with Crippen molar-refractivity contribution < 1.29 is 0 Å². The smallest absolute Gasteiger partial charge is 0.0358 e. The van der Waals surface area contributed by atoms with E-state index in [2.05, 4.69) is 133 Å². The van der Waals surface area contributed by atoms with Crippen molar-refractivity contribution in [2.45, 2.75) is 6.42 Å². The molecule has 0 nitrogen and oxygen atoms in total. The SMILES string of the molecule is c1ccc(-c2csc(-c3c4c(cc(-c5ccccc5)c3-c3ccccc3)-c3ccccc3C4)c2)cc1. The molecule has 0 amide bonds. The summed E-state index contributed by atoms with van der Waals surface area (Å²) in [5.74, 6) is 0. The van der Waals surface area contributed by atoms with Crippen molar-refractivity contribution >= 4 is 11.3 Å². The van der Waals surface area contributed by atoms with E-state index in [9.17, 15) is 0 Å². The van der Waals surface area contributed by atoms with Gasteiger partial charge in [-0.25, -0.2) is 0 Å². The Bertz CT molecular complexity index is 1680. The average Bonchev–Trinajstić information content (AvgIpc) is 3.59. The second-order valence-electron chi connectivity index (χ2n) is 9.33. The van der Waals surface area contributed by atoms with Gasteiger partial charge < -0.3 is 0 Å². The van der Waals surface area contributed by atoms with Gasteiger partial charge in [0.1, 0.15) is 0 Å². The van der Waals surface area contributed by atoms with Crippen LogP contribution in [0.15, 0.2) is 133 Å². The second kappa shape index (κ2) is 8.78. The molecule has 170 valence electrons.